The van der Waals surface area contributed by atoms with Gasteiger partial charge in [-0.05, 0) is 83.0 Å². The standard InChI is InChI=1S/C47H94N6O5/c1-36(2)24-41(11)48-16-20-52(21-17-49-42(12)25-37(3)4)28-45(54)31-57-34-47(15,33-56-30-40(9)10)35-58-32-46(55)29-53(22-18-50-43(13)26-38(5)6)23-19-51-44(14)27-39(7)8/h36-40,45-46,54-55H,16-35H2,1-15H3. The van der Waals surface area contributed by atoms with Gasteiger partial charge in [-0.25, -0.2) is 0 Å². The van der Waals surface area contributed by atoms with E-state index >= 15 is 0 Å². The lowest BCUT2D eigenvalue weighted by Crippen LogP contribution is -2.41. The van der Waals surface area contributed by atoms with Gasteiger partial charge in [0.05, 0.1) is 71.4 Å². The third-order valence-corrected chi connectivity index (χ3v) is 9.37. The Morgan fingerprint density at radius 3 is 0.948 bits per heavy atom. The zero-order chi connectivity index (χ0) is 44.1. The Labute approximate surface area is 358 Å². The van der Waals surface area contributed by atoms with Crippen molar-refractivity contribution in [2.75, 3.05) is 105 Å². The molecule has 0 fully saturated rings. The van der Waals surface area contributed by atoms with Crippen molar-refractivity contribution in [3.05, 3.63) is 0 Å². The van der Waals surface area contributed by atoms with Crippen LogP contribution >= 0.6 is 0 Å². The van der Waals surface area contributed by atoms with Crippen LogP contribution < -0.4 is 0 Å². The Morgan fingerprint density at radius 1 is 0.448 bits per heavy atom. The quantitative estimate of drug-likeness (QED) is 0.0614. The number of ether oxygens (including phenoxy) is 3. The van der Waals surface area contributed by atoms with Gasteiger partial charge in [0.25, 0.3) is 0 Å². The molecule has 0 aliphatic rings. The van der Waals surface area contributed by atoms with Crippen molar-refractivity contribution in [1.82, 2.24) is 9.80 Å². The van der Waals surface area contributed by atoms with Gasteiger partial charge in [0.15, 0.2) is 0 Å². The van der Waals surface area contributed by atoms with E-state index in [1.54, 1.807) is 0 Å². The summed E-state index contributed by atoms with van der Waals surface area (Å²) in [6.45, 7) is 41.5. The number of aliphatic hydroxyl groups excluding tert-OH is 2. The molecule has 0 rings (SSSR count). The molecular formula is C47H94N6O5. The Hall–Kier alpha value is -1.60. The van der Waals surface area contributed by atoms with Crippen molar-refractivity contribution in [2.45, 2.75) is 142 Å². The van der Waals surface area contributed by atoms with Crippen molar-refractivity contribution >= 4 is 22.8 Å². The number of nitrogens with zero attached hydrogens (tertiary/aromatic N) is 6. The minimum atomic E-state index is -0.659. The van der Waals surface area contributed by atoms with E-state index in [4.69, 9.17) is 34.2 Å². The van der Waals surface area contributed by atoms with Gasteiger partial charge in [-0.15, -0.1) is 0 Å². The summed E-state index contributed by atoms with van der Waals surface area (Å²) in [6, 6.07) is 0. The molecular weight excluding hydrogens is 729 g/mol. The first-order valence-corrected chi connectivity index (χ1v) is 22.7. The molecule has 11 nitrogen and oxygen atoms in total. The van der Waals surface area contributed by atoms with Gasteiger partial charge in [-0.3, -0.25) is 29.8 Å². The summed E-state index contributed by atoms with van der Waals surface area (Å²) in [7, 11) is 0. The van der Waals surface area contributed by atoms with E-state index in [0.717, 1.165) is 51.9 Å². The molecule has 0 amide bonds. The number of aliphatic imine (C=N–C) groups is 4. The van der Waals surface area contributed by atoms with Crippen LogP contribution in [-0.2, 0) is 14.2 Å². The monoisotopic (exact) mass is 823 g/mol. The van der Waals surface area contributed by atoms with Crippen molar-refractivity contribution < 1.29 is 24.4 Å². The molecule has 2 unspecified atom stereocenters. The Kier molecular flexibility index (Phi) is 32.2. The highest BCUT2D eigenvalue weighted by Crippen LogP contribution is 2.20. The van der Waals surface area contributed by atoms with Crippen LogP contribution in [0.15, 0.2) is 20.0 Å². The van der Waals surface area contributed by atoms with Crippen LogP contribution in [0, 0.1) is 35.0 Å². The number of rotatable bonds is 36. The molecule has 0 bridgehead atoms. The SMILES string of the molecule is CC(CC(C)C)=NCCN(CCN=C(C)CC(C)C)CC(O)COCC(C)(COCC(C)C)COCC(O)CN(CCN=C(C)CC(C)C)CCN=C(C)CC(C)C. The molecule has 0 aliphatic heterocycles. The van der Waals surface area contributed by atoms with Crippen LogP contribution in [0.1, 0.15) is 130 Å². The summed E-state index contributed by atoms with van der Waals surface area (Å²) < 4.78 is 18.5. The smallest absolute Gasteiger partial charge is 0.0900 e. The normalized spacial score (nSPS) is 16.0. The molecule has 0 aromatic carbocycles. The van der Waals surface area contributed by atoms with Gasteiger partial charge in [-0.2, -0.15) is 0 Å². The maximum atomic E-state index is 11.2. The summed E-state index contributed by atoms with van der Waals surface area (Å²) >= 11 is 0. The van der Waals surface area contributed by atoms with E-state index in [9.17, 15) is 10.2 Å². The second-order valence-electron chi connectivity index (χ2n) is 19.5. The van der Waals surface area contributed by atoms with Crippen LogP contribution in [0.2, 0.25) is 0 Å². The van der Waals surface area contributed by atoms with Gasteiger partial charge in [0, 0.05) is 74.1 Å². The third-order valence-electron chi connectivity index (χ3n) is 9.37. The molecule has 0 radical (unpaired) electrons. The molecule has 0 spiro atoms. The van der Waals surface area contributed by atoms with Crippen molar-refractivity contribution in [1.29, 1.82) is 0 Å². The zero-order valence-corrected chi connectivity index (χ0v) is 40.5. The zero-order valence-electron chi connectivity index (χ0n) is 40.5. The maximum absolute atomic E-state index is 11.2. The van der Waals surface area contributed by atoms with E-state index in [1.165, 1.54) is 22.8 Å². The average molecular weight is 823 g/mol. The fourth-order valence-electron chi connectivity index (χ4n) is 6.99. The summed E-state index contributed by atoms with van der Waals surface area (Å²) in [5.41, 5.74) is 4.23. The van der Waals surface area contributed by atoms with Crippen LogP contribution in [0.4, 0.5) is 0 Å². The van der Waals surface area contributed by atoms with E-state index in [-0.39, 0.29) is 13.2 Å². The molecule has 0 aromatic rings. The van der Waals surface area contributed by atoms with Gasteiger partial charge in [0.1, 0.15) is 0 Å². The molecule has 58 heavy (non-hydrogen) atoms. The number of aliphatic hydroxyl groups is 2. The molecule has 342 valence electrons. The first-order chi connectivity index (χ1) is 27.2. The molecule has 0 heterocycles. The highest BCUT2D eigenvalue weighted by molar-refractivity contribution is 5.83. The van der Waals surface area contributed by atoms with Gasteiger partial charge in [-0.1, -0.05) is 76.2 Å². The minimum Gasteiger partial charge on any atom is -0.389 e. The third kappa shape index (κ3) is 34.1. The lowest BCUT2D eigenvalue weighted by atomic mass is 9.94. The first-order valence-electron chi connectivity index (χ1n) is 22.7. The molecule has 0 aliphatic carbocycles. The highest BCUT2D eigenvalue weighted by Gasteiger charge is 2.27. The number of hydrogen-bond acceptors (Lipinski definition) is 11. The maximum Gasteiger partial charge on any atom is 0.0900 e. The van der Waals surface area contributed by atoms with Crippen LogP contribution in [0.3, 0.4) is 0 Å². The largest absolute Gasteiger partial charge is 0.389 e. The van der Waals surface area contributed by atoms with Crippen LogP contribution in [0.25, 0.3) is 0 Å². The van der Waals surface area contributed by atoms with Crippen molar-refractivity contribution in [3.63, 3.8) is 0 Å². The van der Waals surface area contributed by atoms with Crippen molar-refractivity contribution in [3.8, 4) is 0 Å². The second-order valence-corrected chi connectivity index (χ2v) is 19.5. The summed E-state index contributed by atoms with van der Waals surface area (Å²) in [6.07, 6.45) is 2.67. The fraction of sp³-hybridized carbons (Fsp3) is 0.915. The van der Waals surface area contributed by atoms with Gasteiger partial charge >= 0.3 is 0 Å². The molecule has 2 atom stereocenters. The Morgan fingerprint density at radius 2 is 0.707 bits per heavy atom. The van der Waals surface area contributed by atoms with E-state index in [1.807, 2.05) is 0 Å². The second kappa shape index (κ2) is 33.1. The van der Waals surface area contributed by atoms with E-state index < -0.39 is 17.6 Å². The predicted molar refractivity (Wildman–Crippen MR) is 250 cm³/mol. The van der Waals surface area contributed by atoms with Crippen molar-refractivity contribution in [2.24, 2.45) is 55.0 Å². The van der Waals surface area contributed by atoms with Gasteiger partial charge < -0.3 is 24.4 Å². The lowest BCUT2D eigenvalue weighted by molar-refractivity contribution is -0.0885. The van der Waals surface area contributed by atoms with E-state index in [0.29, 0.717) is 95.3 Å². The molecule has 0 saturated heterocycles. The Balaban J connectivity index is 5.48. The number of hydrogen-bond donors (Lipinski definition) is 2. The molecule has 0 aromatic heterocycles. The topological polar surface area (TPSA) is 124 Å². The summed E-state index contributed by atoms with van der Waals surface area (Å²) in [5.74, 6) is 2.73. The molecule has 0 saturated carbocycles. The fourth-order valence-corrected chi connectivity index (χ4v) is 6.99. The van der Waals surface area contributed by atoms with Crippen LogP contribution in [0.5, 0.6) is 0 Å². The van der Waals surface area contributed by atoms with Gasteiger partial charge in [0.2, 0.25) is 0 Å². The van der Waals surface area contributed by atoms with E-state index in [2.05, 4.69) is 114 Å². The predicted octanol–water partition coefficient (Wildman–Crippen LogP) is 8.05. The first kappa shape index (κ1) is 56.4. The summed E-state index contributed by atoms with van der Waals surface area (Å²) in [4.78, 5) is 23.7. The Bertz CT molecular complexity index is 1010. The lowest BCUT2D eigenvalue weighted by Gasteiger charge is -2.31. The highest BCUT2D eigenvalue weighted by atomic mass is 16.5. The minimum absolute atomic E-state index is 0.206. The van der Waals surface area contributed by atoms with Crippen LogP contribution in [-0.4, -0.2) is 160 Å². The summed E-state index contributed by atoms with van der Waals surface area (Å²) in [5, 5.41) is 22.3. The molecule has 11 heteroatoms. The molecule has 2 N–H and O–H groups in total. The average Bonchev–Trinajstić information content (AvgIpc) is 3.06.